The summed E-state index contributed by atoms with van der Waals surface area (Å²) in [6, 6.07) is 32.6. The highest BCUT2D eigenvalue weighted by Crippen LogP contribution is 2.29. The lowest BCUT2D eigenvalue weighted by Gasteiger charge is -2.17. The molecule has 2 radical (unpaired) electrons. The van der Waals surface area contributed by atoms with Crippen molar-refractivity contribution in [2.45, 2.75) is 18.4 Å². The maximum atomic E-state index is 5.86. The molecule has 0 saturated carbocycles. The van der Waals surface area contributed by atoms with Crippen LogP contribution in [0.1, 0.15) is 23.5 Å². The van der Waals surface area contributed by atoms with Crippen molar-refractivity contribution < 1.29 is 4.43 Å². The lowest BCUT2D eigenvalue weighted by atomic mass is 9.89. The summed E-state index contributed by atoms with van der Waals surface area (Å²) in [5.41, 5.74) is 2.76. The molecule has 0 fully saturated rings. The summed E-state index contributed by atoms with van der Waals surface area (Å²) >= 11 is 0. The molecule has 0 aliphatic carbocycles. The number of hydrogen-bond acceptors (Lipinski definition) is 1. The minimum Gasteiger partial charge on any atom is -0.541 e. The summed E-state index contributed by atoms with van der Waals surface area (Å²) in [6.07, 6.45) is 1.10. The summed E-state index contributed by atoms with van der Waals surface area (Å²) in [6.45, 7) is 0. The Labute approximate surface area is 140 Å². The van der Waals surface area contributed by atoms with Crippen molar-refractivity contribution in [3.63, 3.8) is 0 Å². The largest absolute Gasteiger partial charge is 0.541 e. The predicted octanol–water partition coefficient (Wildman–Crippen LogP) is 5.33. The van der Waals surface area contributed by atoms with Crippen LogP contribution >= 0.6 is 0 Å². The zero-order chi connectivity index (χ0) is 15.7. The minimum atomic E-state index is 0.435. The third-order valence-electron chi connectivity index (χ3n) is 3.87. The standard InChI is InChI=1S/C21H20OSi/c1-4-10-18(11-5-1)21(19-12-6-2-7-13-19)16-17-23-22-20-14-8-3-9-15-20/h1-15,21H,16-17H2. The first-order valence-corrected chi connectivity index (χ1v) is 9.09. The van der Waals surface area contributed by atoms with Gasteiger partial charge in [0.15, 0.2) is 0 Å². The zero-order valence-electron chi connectivity index (χ0n) is 13.1. The molecule has 0 atom stereocenters. The van der Waals surface area contributed by atoms with Gasteiger partial charge in [-0.25, -0.2) is 0 Å². The molecule has 0 N–H and O–H groups in total. The van der Waals surface area contributed by atoms with Gasteiger partial charge in [-0.1, -0.05) is 78.9 Å². The molecule has 3 rings (SSSR count). The lowest BCUT2D eigenvalue weighted by Crippen LogP contribution is -2.06. The van der Waals surface area contributed by atoms with Crippen molar-refractivity contribution in [2.75, 3.05) is 0 Å². The van der Waals surface area contributed by atoms with Crippen LogP contribution in [0.3, 0.4) is 0 Å². The molecule has 114 valence electrons. The summed E-state index contributed by atoms with van der Waals surface area (Å²) < 4.78 is 5.86. The van der Waals surface area contributed by atoms with Crippen molar-refractivity contribution >= 4 is 9.76 Å². The Hall–Kier alpha value is -2.32. The van der Waals surface area contributed by atoms with Crippen LogP contribution in [0.25, 0.3) is 0 Å². The third kappa shape index (κ3) is 4.57. The van der Waals surface area contributed by atoms with Gasteiger partial charge < -0.3 is 4.43 Å². The number of hydrogen-bond donors (Lipinski definition) is 0. The molecule has 23 heavy (non-hydrogen) atoms. The van der Waals surface area contributed by atoms with Crippen molar-refractivity contribution in [3.8, 4) is 5.75 Å². The quantitative estimate of drug-likeness (QED) is 0.423. The number of rotatable bonds is 7. The Morgan fingerprint density at radius 3 is 1.65 bits per heavy atom. The van der Waals surface area contributed by atoms with Gasteiger partial charge in [-0.05, 0) is 35.7 Å². The van der Waals surface area contributed by atoms with E-state index in [2.05, 4.69) is 60.7 Å². The Kier molecular flexibility index (Phi) is 5.65. The molecule has 2 heteroatoms. The average Bonchev–Trinajstić information content (AvgIpc) is 2.64. The predicted molar refractivity (Wildman–Crippen MR) is 97.0 cm³/mol. The molecule has 0 unspecified atom stereocenters. The number of benzene rings is 3. The van der Waals surface area contributed by atoms with E-state index in [9.17, 15) is 0 Å². The fraction of sp³-hybridized carbons (Fsp3) is 0.143. The molecule has 0 aliphatic heterocycles. The van der Waals surface area contributed by atoms with E-state index < -0.39 is 0 Å². The average molecular weight is 316 g/mol. The summed E-state index contributed by atoms with van der Waals surface area (Å²) in [4.78, 5) is 0. The van der Waals surface area contributed by atoms with Gasteiger partial charge in [0.25, 0.3) is 0 Å². The van der Waals surface area contributed by atoms with Gasteiger partial charge in [0.2, 0.25) is 0 Å². The first-order valence-electron chi connectivity index (χ1n) is 7.98. The van der Waals surface area contributed by atoms with Crippen LogP contribution in [0.2, 0.25) is 6.04 Å². The van der Waals surface area contributed by atoms with Gasteiger partial charge in [-0.2, -0.15) is 0 Å². The first kappa shape index (κ1) is 15.6. The van der Waals surface area contributed by atoms with E-state index in [-0.39, 0.29) is 0 Å². The molecule has 0 saturated heterocycles. The van der Waals surface area contributed by atoms with Crippen molar-refractivity contribution in [2.24, 2.45) is 0 Å². The summed E-state index contributed by atoms with van der Waals surface area (Å²) in [5.74, 6) is 1.39. The van der Waals surface area contributed by atoms with Crippen LogP contribution in [0.15, 0.2) is 91.0 Å². The SMILES string of the molecule is c1ccc(O[Si]CCC(c2ccccc2)c2ccccc2)cc1. The van der Waals surface area contributed by atoms with E-state index in [1.807, 2.05) is 30.3 Å². The summed E-state index contributed by atoms with van der Waals surface area (Å²) in [7, 11) is 0.492. The van der Waals surface area contributed by atoms with Crippen LogP contribution in [-0.4, -0.2) is 9.76 Å². The molecule has 0 aromatic heterocycles. The molecule has 0 heterocycles. The molecule has 1 nitrogen and oxygen atoms in total. The highest BCUT2D eigenvalue weighted by molar-refractivity contribution is 6.28. The van der Waals surface area contributed by atoms with Crippen molar-refractivity contribution in [1.82, 2.24) is 0 Å². The van der Waals surface area contributed by atoms with E-state index in [0.29, 0.717) is 15.7 Å². The van der Waals surface area contributed by atoms with Crippen LogP contribution in [-0.2, 0) is 0 Å². The number of para-hydroxylation sites is 1. The highest BCUT2D eigenvalue weighted by atomic mass is 28.2. The third-order valence-corrected chi connectivity index (χ3v) is 4.75. The summed E-state index contributed by atoms with van der Waals surface area (Å²) in [5, 5.41) is 0. The van der Waals surface area contributed by atoms with E-state index in [0.717, 1.165) is 18.2 Å². The van der Waals surface area contributed by atoms with Crippen molar-refractivity contribution in [1.29, 1.82) is 0 Å². The molecule has 3 aromatic rings. The van der Waals surface area contributed by atoms with Gasteiger partial charge >= 0.3 is 9.76 Å². The molecule has 0 aliphatic rings. The van der Waals surface area contributed by atoms with Gasteiger partial charge in [0.05, 0.1) is 0 Å². The van der Waals surface area contributed by atoms with Gasteiger partial charge in [0.1, 0.15) is 5.75 Å². The van der Waals surface area contributed by atoms with E-state index in [1.54, 1.807) is 0 Å². The van der Waals surface area contributed by atoms with E-state index >= 15 is 0 Å². The van der Waals surface area contributed by atoms with Gasteiger partial charge in [-0.15, -0.1) is 0 Å². The maximum absolute atomic E-state index is 5.86. The normalized spacial score (nSPS) is 10.7. The van der Waals surface area contributed by atoms with Gasteiger partial charge in [0, 0.05) is 5.92 Å². The Morgan fingerprint density at radius 2 is 1.13 bits per heavy atom. The second-order valence-corrected chi connectivity index (χ2v) is 6.46. The topological polar surface area (TPSA) is 9.23 Å². The van der Waals surface area contributed by atoms with Crippen LogP contribution < -0.4 is 4.43 Å². The van der Waals surface area contributed by atoms with Gasteiger partial charge in [-0.3, -0.25) is 0 Å². The fourth-order valence-corrected chi connectivity index (χ4v) is 3.53. The van der Waals surface area contributed by atoms with Crippen LogP contribution in [0.5, 0.6) is 5.75 Å². The fourth-order valence-electron chi connectivity index (χ4n) is 2.72. The van der Waals surface area contributed by atoms with Crippen molar-refractivity contribution in [3.05, 3.63) is 102 Å². The first-order chi connectivity index (χ1) is 11.4. The maximum Gasteiger partial charge on any atom is 0.310 e. The van der Waals surface area contributed by atoms with Crippen LogP contribution in [0.4, 0.5) is 0 Å². The molecular weight excluding hydrogens is 296 g/mol. The second kappa shape index (κ2) is 8.35. The zero-order valence-corrected chi connectivity index (χ0v) is 14.1. The van der Waals surface area contributed by atoms with E-state index in [1.165, 1.54) is 11.1 Å². The second-order valence-electron chi connectivity index (χ2n) is 5.47. The monoisotopic (exact) mass is 316 g/mol. The Bertz CT molecular complexity index is 643. The highest BCUT2D eigenvalue weighted by Gasteiger charge is 2.14. The Morgan fingerprint density at radius 1 is 0.652 bits per heavy atom. The Balaban J connectivity index is 1.63. The molecule has 0 spiro atoms. The molecule has 0 amide bonds. The van der Waals surface area contributed by atoms with E-state index in [4.69, 9.17) is 4.43 Å². The molecule has 3 aromatic carbocycles. The smallest absolute Gasteiger partial charge is 0.310 e. The molecule has 0 bridgehead atoms. The van der Waals surface area contributed by atoms with Crippen LogP contribution in [0, 0.1) is 0 Å². The lowest BCUT2D eigenvalue weighted by molar-refractivity contribution is 0.584. The molecular formula is C21H20OSi. The minimum absolute atomic E-state index is 0.435.